The van der Waals surface area contributed by atoms with Crippen LogP contribution >= 0.6 is 0 Å². The molecular weight excluding hydrogens is 396 g/mol. The van der Waals surface area contributed by atoms with Gasteiger partial charge in [0.15, 0.2) is 0 Å². The SMILES string of the molecule is CC(C)(O)c1ccc(OC(=O)c2c(C(C)(C)O)cc(C(C)(C)O)cc2C(C)(C)O)cc1. The van der Waals surface area contributed by atoms with Crippen molar-refractivity contribution in [2.45, 2.75) is 77.8 Å². The largest absolute Gasteiger partial charge is 0.423 e. The van der Waals surface area contributed by atoms with Crippen LogP contribution in [0.2, 0.25) is 0 Å². The van der Waals surface area contributed by atoms with Crippen LogP contribution in [-0.4, -0.2) is 26.4 Å². The number of rotatable bonds is 6. The molecule has 0 aliphatic rings. The molecule has 0 atom stereocenters. The van der Waals surface area contributed by atoms with Crippen LogP contribution in [0.5, 0.6) is 5.75 Å². The van der Waals surface area contributed by atoms with Crippen molar-refractivity contribution in [1.29, 1.82) is 0 Å². The average molecular weight is 431 g/mol. The topological polar surface area (TPSA) is 107 Å². The molecule has 0 amide bonds. The van der Waals surface area contributed by atoms with E-state index in [0.29, 0.717) is 11.1 Å². The van der Waals surface area contributed by atoms with Gasteiger partial charge in [0.25, 0.3) is 0 Å². The summed E-state index contributed by atoms with van der Waals surface area (Å²) in [6, 6.07) is 9.59. The van der Waals surface area contributed by atoms with Gasteiger partial charge in [-0.25, -0.2) is 4.79 Å². The standard InChI is InChI=1S/C25H34O6/c1-22(2,27)15-9-11-17(12-10-15)31-21(26)20-18(24(5,6)29)13-16(23(3,4)28)14-19(20)25(7,8)30/h9-14,27-30H,1-8H3. The van der Waals surface area contributed by atoms with Gasteiger partial charge >= 0.3 is 5.97 Å². The maximum absolute atomic E-state index is 13.2. The first kappa shape index (κ1) is 25.0. The van der Waals surface area contributed by atoms with E-state index < -0.39 is 28.4 Å². The van der Waals surface area contributed by atoms with Gasteiger partial charge in [0.1, 0.15) is 5.75 Å². The zero-order chi connectivity index (χ0) is 24.0. The first-order valence-electron chi connectivity index (χ1n) is 10.2. The van der Waals surface area contributed by atoms with Crippen LogP contribution in [-0.2, 0) is 22.4 Å². The molecule has 0 radical (unpaired) electrons. The Morgan fingerprint density at radius 3 is 1.35 bits per heavy atom. The van der Waals surface area contributed by atoms with Crippen LogP contribution in [0.25, 0.3) is 0 Å². The average Bonchev–Trinajstić information content (AvgIpc) is 2.58. The highest BCUT2D eigenvalue weighted by Crippen LogP contribution is 2.37. The fourth-order valence-electron chi connectivity index (χ4n) is 3.27. The summed E-state index contributed by atoms with van der Waals surface area (Å²) >= 11 is 0. The van der Waals surface area contributed by atoms with Crippen molar-refractivity contribution in [3.8, 4) is 5.75 Å². The Balaban J connectivity index is 2.64. The molecule has 2 aromatic rings. The molecule has 0 unspecified atom stereocenters. The molecule has 6 heteroatoms. The summed E-state index contributed by atoms with van der Waals surface area (Å²) in [6.07, 6.45) is 0. The van der Waals surface area contributed by atoms with Crippen LogP contribution in [0.3, 0.4) is 0 Å². The molecule has 0 aromatic heterocycles. The van der Waals surface area contributed by atoms with E-state index in [1.165, 1.54) is 27.7 Å². The maximum Gasteiger partial charge on any atom is 0.344 e. The van der Waals surface area contributed by atoms with Gasteiger partial charge in [0.05, 0.1) is 28.0 Å². The lowest BCUT2D eigenvalue weighted by atomic mass is 9.80. The smallest absolute Gasteiger partial charge is 0.344 e. The third-order valence-electron chi connectivity index (χ3n) is 5.14. The second-order valence-electron chi connectivity index (χ2n) is 10.1. The fraction of sp³-hybridized carbons (Fsp3) is 0.480. The van der Waals surface area contributed by atoms with E-state index >= 15 is 0 Å². The summed E-state index contributed by atoms with van der Waals surface area (Å²) in [5.41, 5.74) is -3.54. The van der Waals surface area contributed by atoms with E-state index in [4.69, 9.17) is 4.74 Å². The zero-order valence-electron chi connectivity index (χ0n) is 19.6. The predicted molar refractivity (Wildman–Crippen MR) is 119 cm³/mol. The Kier molecular flexibility index (Phi) is 6.47. The highest BCUT2D eigenvalue weighted by atomic mass is 16.5. The lowest BCUT2D eigenvalue weighted by Crippen LogP contribution is -2.30. The lowest BCUT2D eigenvalue weighted by molar-refractivity contribution is 0.0554. The Morgan fingerprint density at radius 2 is 1.03 bits per heavy atom. The molecule has 0 saturated heterocycles. The number of aliphatic hydroxyl groups is 4. The molecule has 170 valence electrons. The Labute approximate surface area is 184 Å². The molecule has 0 fully saturated rings. The Morgan fingerprint density at radius 1 is 0.645 bits per heavy atom. The van der Waals surface area contributed by atoms with E-state index in [9.17, 15) is 25.2 Å². The molecule has 6 nitrogen and oxygen atoms in total. The highest BCUT2D eigenvalue weighted by molar-refractivity contribution is 5.95. The number of carbonyl (C=O) groups excluding carboxylic acids is 1. The monoisotopic (exact) mass is 430 g/mol. The predicted octanol–water partition coefficient (Wildman–Crippen LogP) is 3.82. The number of carbonyl (C=O) groups is 1. The first-order chi connectivity index (χ1) is 13.8. The van der Waals surface area contributed by atoms with Crippen molar-refractivity contribution in [1.82, 2.24) is 0 Å². The van der Waals surface area contributed by atoms with Crippen molar-refractivity contribution in [3.63, 3.8) is 0 Å². The zero-order valence-corrected chi connectivity index (χ0v) is 19.6. The van der Waals surface area contributed by atoms with Crippen molar-refractivity contribution < 1.29 is 30.0 Å². The molecule has 0 saturated carbocycles. The summed E-state index contributed by atoms with van der Waals surface area (Å²) in [6.45, 7) is 12.6. The molecule has 2 rings (SSSR count). The van der Waals surface area contributed by atoms with Gasteiger partial charge in [0, 0.05) is 0 Å². The van der Waals surface area contributed by atoms with Crippen molar-refractivity contribution in [2.75, 3.05) is 0 Å². The molecule has 0 spiro atoms. The quantitative estimate of drug-likeness (QED) is 0.410. The van der Waals surface area contributed by atoms with E-state index in [1.807, 2.05) is 0 Å². The number of hydrogen-bond acceptors (Lipinski definition) is 6. The van der Waals surface area contributed by atoms with Gasteiger partial charge in [-0.15, -0.1) is 0 Å². The second kappa shape index (κ2) is 8.02. The van der Waals surface area contributed by atoms with E-state index in [0.717, 1.165) is 0 Å². The minimum absolute atomic E-state index is 0.0413. The Bertz CT molecular complexity index is 911. The third-order valence-corrected chi connectivity index (χ3v) is 5.14. The third kappa shape index (κ3) is 5.92. The van der Waals surface area contributed by atoms with Crippen molar-refractivity contribution in [2.24, 2.45) is 0 Å². The number of ether oxygens (including phenoxy) is 1. The van der Waals surface area contributed by atoms with Gasteiger partial charge in [-0.1, -0.05) is 12.1 Å². The van der Waals surface area contributed by atoms with Crippen LogP contribution < -0.4 is 4.74 Å². The Hall–Kier alpha value is -2.25. The second-order valence-corrected chi connectivity index (χ2v) is 10.1. The van der Waals surface area contributed by atoms with E-state index in [2.05, 4.69) is 0 Å². The summed E-state index contributed by atoms with van der Waals surface area (Å²) in [7, 11) is 0. The molecule has 0 bridgehead atoms. The molecule has 4 N–H and O–H groups in total. The summed E-state index contributed by atoms with van der Waals surface area (Å²) in [4.78, 5) is 13.2. The number of esters is 1. The van der Waals surface area contributed by atoms with Gasteiger partial charge in [0.2, 0.25) is 0 Å². The van der Waals surface area contributed by atoms with E-state index in [-0.39, 0.29) is 22.4 Å². The van der Waals surface area contributed by atoms with Crippen molar-refractivity contribution >= 4 is 5.97 Å². The number of benzene rings is 2. The molecule has 2 aromatic carbocycles. The van der Waals surface area contributed by atoms with Gasteiger partial charge in [-0.05, 0) is 102 Å². The molecule has 31 heavy (non-hydrogen) atoms. The molecule has 0 heterocycles. The highest BCUT2D eigenvalue weighted by Gasteiger charge is 2.35. The summed E-state index contributed by atoms with van der Waals surface area (Å²) in [5.74, 6) is -0.486. The maximum atomic E-state index is 13.2. The van der Waals surface area contributed by atoms with Gasteiger partial charge in [-0.3, -0.25) is 0 Å². The van der Waals surface area contributed by atoms with E-state index in [1.54, 1.807) is 64.1 Å². The van der Waals surface area contributed by atoms with Crippen LogP contribution in [0.1, 0.15) is 88.0 Å². The van der Waals surface area contributed by atoms with Crippen LogP contribution in [0.4, 0.5) is 0 Å². The van der Waals surface area contributed by atoms with Gasteiger partial charge < -0.3 is 25.2 Å². The minimum Gasteiger partial charge on any atom is -0.423 e. The molecule has 0 aliphatic carbocycles. The number of hydrogen-bond donors (Lipinski definition) is 4. The normalized spacial score (nSPS) is 13.3. The molecular formula is C25H34O6. The van der Waals surface area contributed by atoms with Crippen molar-refractivity contribution in [3.05, 3.63) is 64.2 Å². The fourth-order valence-corrected chi connectivity index (χ4v) is 3.27. The van der Waals surface area contributed by atoms with Gasteiger partial charge in [-0.2, -0.15) is 0 Å². The lowest BCUT2D eigenvalue weighted by Gasteiger charge is -2.31. The first-order valence-corrected chi connectivity index (χ1v) is 10.2. The van der Waals surface area contributed by atoms with Crippen LogP contribution in [0, 0.1) is 0 Å². The summed E-state index contributed by atoms with van der Waals surface area (Å²) < 4.78 is 5.56. The molecule has 0 aliphatic heterocycles. The minimum atomic E-state index is -1.44. The van der Waals surface area contributed by atoms with Crippen LogP contribution in [0.15, 0.2) is 36.4 Å². The summed E-state index contributed by atoms with van der Waals surface area (Å²) in [5, 5.41) is 42.2.